The zero-order chi connectivity index (χ0) is 19.2. The lowest BCUT2D eigenvalue weighted by Gasteiger charge is -2.29. The Bertz CT molecular complexity index is 846. The molecule has 0 spiro atoms. The fourth-order valence-electron chi connectivity index (χ4n) is 4.03. The Morgan fingerprint density at radius 2 is 1.81 bits per heavy atom. The molecule has 0 saturated heterocycles. The fourth-order valence-corrected chi connectivity index (χ4v) is 4.03. The Balaban J connectivity index is 1.87. The minimum Gasteiger partial charge on any atom is -0.395 e. The van der Waals surface area contributed by atoms with Crippen LogP contribution in [0.5, 0.6) is 0 Å². The molecule has 0 aliphatic heterocycles. The number of nitriles is 2. The van der Waals surface area contributed by atoms with Crippen molar-refractivity contribution in [2.45, 2.75) is 32.6 Å². The van der Waals surface area contributed by atoms with Crippen molar-refractivity contribution >= 4 is 11.3 Å². The summed E-state index contributed by atoms with van der Waals surface area (Å²) in [5.74, 6) is 0.538. The van der Waals surface area contributed by atoms with E-state index >= 15 is 0 Å². The summed E-state index contributed by atoms with van der Waals surface area (Å²) in [6, 6.07) is 12.6. The van der Waals surface area contributed by atoms with Crippen LogP contribution in [0.1, 0.15) is 38.2 Å². The van der Waals surface area contributed by atoms with Crippen molar-refractivity contribution in [3.63, 3.8) is 0 Å². The van der Waals surface area contributed by atoms with Crippen LogP contribution in [0.15, 0.2) is 53.1 Å². The summed E-state index contributed by atoms with van der Waals surface area (Å²) < 4.78 is 0. The number of anilines is 1. The normalized spacial score (nSPS) is 18.5. The van der Waals surface area contributed by atoms with Crippen molar-refractivity contribution in [2.24, 2.45) is 5.92 Å². The van der Waals surface area contributed by atoms with E-state index in [2.05, 4.69) is 48.2 Å². The van der Waals surface area contributed by atoms with Crippen LogP contribution in [-0.4, -0.2) is 24.8 Å². The molecule has 0 aromatic heterocycles. The molecule has 2 aliphatic rings. The van der Waals surface area contributed by atoms with Gasteiger partial charge < -0.3 is 10.0 Å². The number of aliphatic hydroxyl groups is 1. The monoisotopic (exact) mass is 359 g/mol. The summed E-state index contributed by atoms with van der Waals surface area (Å²) in [4.78, 5) is 2.15. The third-order valence-corrected chi connectivity index (χ3v) is 5.58. The first-order valence-electron chi connectivity index (χ1n) is 9.61. The van der Waals surface area contributed by atoms with Gasteiger partial charge in [-0.3, -0.25) is 0 Å². The van der Waals surface area contributed by atoms with E-state index in [1.54, 1.807) is 0 Å². The number of aliphatic hydroxyl groups excluding tert-OH is 1. The van der Waals surface area contributed by atoms with Crippen LogP contribution in [0.4, 0.5) is 5.69 Å². The van der Waals surface area contributed by atoms with Crippen molar-refractivity contribution < 1.29 is 5.11 Å². The quantitative estimate of drug-likeness (QED) is 0.793. The van der Waals surface area contributed by atoms with Crippen LogP contribution < -0.4 is 4.90 Å². The second-order valence-electron chi connectivity index (χ2n) is 7.06. The number of nitrogens with zero attached hydrogens (tertiary/aromatic N) is 3. The van der Waals surface area contributed by atoms with Gasteiger partial charge in [-0.05, 0) is 72.9 Å². The minimum absolute atomic E-state index is 0.152. The van der Waals surface area contributed by atoms with E-state index in [4.69, 9.17) is 10.5 Å². The average Bonchev–Trinajstić information content (AvgIpc) is 2.72. The number of likely N-dealkylation sites (N-methyl/N-ethyl adjacent to an activating group) is 1. The number of benzene rings is 1. The maximum Gasteiger partial charge on any atom is 0.132 e. The van der Waals surface area contributed by atoms with Crippen LogP contribution in [0.2, 0.25) is 0 Å². The summed E-state index contributed by atoms with van der Waals surface area (Å²) in [6.07, 6.45) is 8.32. The molecule has 1 unspecified atom stereocenters. The SMILES string of the molecule is CCN(CCO)c1ccc(C2=CC3=CC(=C(C#N)C#N)CCC3CC2)cc1. The molecule has 1 aromatic rings. The van der Waals surface area contributed by atoms with E-state index in [-0.39, 0.29) is 12.2 Å². The number of rotatable bonds is 5. The predicted octanol–water partition coefficient (Wildman–Crippen LogP) is 4.36. The lowest BCUT2D eigenvalue weighted by Crippen LogP contribution is -2.25. The first-order valence-corrected chi connectivity index (χ1v) is 9.61. The molecule has 138 valence electrons. The Morgan fingerprint density at radius 1 is 1.11 bits per heavy atom. The summed E-state index contributed by atoms with van der Waals surface area (Å²) in [5.41, 5.74) is 6.02. The molecule has 1 N–H and O–H groups in total. The molecule has 0 bridgehead atoms. The van der Waals surface area contributed by atoms with Crippen LogP contribution in [0, 0.1) is 28.6 Å². The lowest BCUT2D eigenvalue weighted by atomic mass is 9.75. The molecule has 0 heterocycles. The summed E-state index contributed by atoms with van der Waals surface area (Å²) >= 11 is 0. The molecular formula is C23H25N3O. The third kappa shape index (κ3) is 4.13. The molecule has 1 aromatic carbocycles. The van der Waals surface area contributed by atoms with Gasteiger partial charge in [0.2, 0.25) is 0 Å². The minimum atomic E-state index is 0.152. The molecule has 4 heteroatoms. The van der Waals surface area contributed by atoms with Crippen LogP contribution >= 0.6 is 0 Å². The van der Waals surface area contributed by atoms with Gasteiger partial charge in [-0.15, -0.1) is 0 Å². The first-order chi connectivity index (χ1) is 13.2. The highest BCUT2D eigenvalue weighted by molar-refractivity contribution is 5.72. The maximum atomic E-state index is 9.19. The summed E-state index contributed by atoms with van der Waals surface area (Å²) in [5, 5.41) is 27.5. The number of fused-ring (bicyclic) bond motifs is 1. The highest BCUT2D eigenvalue weighted by atomic mass is 16.3. The predicted molar refractivity (Wildman–Crippen MR) is 108 cm³/mol. The largest absolute Gasteiger partial charge is 0.395 e. The van der Waals surface area contributed by atoms with Crippen molar-refractivity contribution in [3.8, 4) is 12.1 Å². The van der Waals surface area contributed by atoms with Gasteiger partial charge in [-0.1, -0.05) is 24.3 Å². The Hall–Kier alpha value is -2.82. The van der Waals surface area contributed by atoms with Crippen LogP contribution in [0.25, 0.3) is 5.57 Å². The van der Waals surface area contributed by atoms with Gasteiger partial charge in [0.25, 0.3) is 0 Å². The highest BCUT2D eigenvalue weighted by Gasteiger charge is 2.24. The molecule has 1 atom stereocenters. The highest BCUT2D eigenvalue weighted by Crippen LogP contribution is 2.40. The molecular weight excluding hydrogens is 334 g/mol. The van der Waals surface area contributed by atoms with Gasteiger partial charge in [0.15, 0.2) is 0 Å². The van der Waals surface area contributed by atoms with Gasteiger partial charge in [0.05, 0.1) is 6.61 Å². The molecule has 0 radical (unpaired) electrons. The number of allylic oxidation sites excluding steroid dienone is 6. The zero-order valence-electron chi connectivity index (χ0n) is 15.8. The molecule has 4 nitrogen and oxygen atoms in total. The Labute approximate surface area is 161 Å². The number of hydrogen-bond acceptors (Lipinski definition) is 4. The molecule has 0 fully saturated rings. The summed E-state index contributed by atoms with van der Waals surface area (Å²) in [6.45, 7) is 3.75. The average molecular weight is 359 g/mol. The lowest BCUT2D eigenvalue weighted by molar-refractivity contribution is 0.302. The number of hydrogen-bond donors (Lipinski definition) is 1. The van der Waals surface area contributed by atoms with Gasteiger partial charge in [0.1, 0.15) is 17.7 Å². The van der Waals surface area contributed by atoms with E-state index in [1.165, 1.54) is 16.7 Å². The van der Waals surface area contributed by atoms with Crippen molar-refractivity contribution in [2.75, 3.05) is 24.6 Å². The van der Waals surface area contributed by atoms with E-state index in [9.17, 15) is 5.11 Å². The topological polar surface area (TPSA) is 71.0 Å². The van der Waals surface area contributed by atoms with Crippen LogP contribution in [-0.2, 0) is 0 Å². The Morgan fingerprint density at radius 3 is 2.44 bits per heavy atom. The van der Waals surface area contributed by atoms with Crippen LogP contribution in [0.3, 0.4) is 0 Å². The van der Waals surface area contributed by atoms with E-state index < -0.39 is 0 Å². The van der Waals surface area contributed by atoms with Gasteiger partial charge in [0, 0.05) is 18.8 Å². The molecule has 0 saturated carbocycles. The molecule has 3 rings (SSSR count). The second kappa shape index (κ2) is 8.71. The second-order valence-corrected chi connectivity index (χ2v) is 7.06. The van der Waals surface area contributed by atoms with Crippen molar-refractivity contribution in [1.82, 2.24) is 0 Å². The molecule has 27 heavy (non-hydrogen) atoms. The standard InChI is InChI=1S/C23H25N3O/c1-2-26(11-12-27)23-9-7-17(8-10-23)19-5-3-18-4-6-20(14-21(18)13-19)22(15-24)16-25/h7-10,13-14,18,27H,2-6,11-12H2,1H3. The molecule has 2 aliphatic carbocycles. The van der Waals surface area contributed by atoms with Crippen molar-refractivity contribution in [3.05, 3.63) is 58.7 Å². The van der Waals surface area contributed by atoms with Crippen molar-refractivity contribution in [1.29, 1.82) is 10.5 Å². The van der Waals surface area contributed by atoms with Gasteiger partial charge >= 0.3 is 0 Å². The van der Waals surface area contributed by atoms with E-state index in [1.807, 2.05) is 12.1 Å². The van der Waals surface area contributed by atoms with E-state index in [0.717, 1.165) is 43.5 Å². The summed E-state index contributed by atoms with van der Waals surface area (Å²) in [7, 11) is 0. The van der Waals surface area contributed by atoms with Gasteiger partial charge in [-0.25, -0.2) is 0 Å². The first kappa shape index (κ1) is 19.0. The Kier molecular flexibility index (Phi) is 6.12. The fraction of sp³-hybridized carbons (Fsp3) is 0.391. The van der Waals surface area contributed by atoms with Gasteiger partial charge in [-0.2, -0.15) is 10.5 Å². The zero-order valence-corrected chi connectivity index (χ0v) is 15.8. The van der Waals surface area contributed by atoms with E-state index in [0.29, 0.717) is 12.5 Å². The maximum absolute atomic E-state index is 9.19. The third-order valence-electron chi connectivity index (χ3n) is 5.58. The smallest absolute Gasteiger partial charge is 0.132 e. The molecule has 0 amide bonds.